The fourth-order valence-electron chi connectivity index (χ4n) is 12.4. The molecule has 2 aliphatic heterocycles. The summed E-state index contributed by atoms with van der Waals surface area (Å²) in [5.41, 5.74) is 21.0. The van der Waals surface area contributed by atoms with Crippen LogP contribution in [0.2, 0.25) is 0 Å². The number of nitrogens with zero attached hydrogens (tertiary/aromatic N) is 3. The molecule has 4 nitrogen and oxygen atoms in total. The van der Waals surface area contributed by atoms with Crippen LogP contribution in [0.15, 0.2) is 205 Å². The van der Waals surface area contributed by atoms with Crippen molar-refractivity contribution in [2.45, 2.75) is 78.6 Å². The number of fused-ring (bicyclic) bond motifs is 12. The Morgan fingerprint density at radius 3 is 1.54 bits per heavy atom. The highest BCUT2D eigenvalue weighted by atomic mass is 32.1. The lowest BCUT2D eigenvalue weighted by Crippen LogP contribution is -2.62. The quantitative estimate of drug-likeness (QED) is 0.161. The van der Waals surface area contributed by atoms with Crippen molar-refractivity contribution in [3.8, 4) is 28.1 Å². The van der Waals surface area contributed by atoms with Gasteiger partial charge in [0.05, 0.1) is 22.3 Å². The van der Waals surface area contributed by atoms with E-state index < -0.39 is 0 Å². The Morgan fingerprint density at radius 1 is 0.434 bits per heavy atom. The largest absolute Gasteiger partial charge is 0.455 e. The first-order chi connectivity index (χ1) is 36.6. The van der Waals surface area contributed by atoms with Crippen molar-refractivity contribution in [1.29, 1.82) is 0 Å². The van der Waals surface area contributed by atoms with E-state index in [0.717, 1.165) is 61.9 Å². The van der Waals surface area contributed by atoms with Gasteiger partial charge in [-0.05, 0) is 116 Å². The molecule has 370 valence electrons. The summed E-state index contributed by atoms with van der Waals surface area (Å²) in [5, 5.41) is 4.95. The summed E-state index contributed by atoms with van der Waals surface area (Å²) in [6.07, 6.45) is 0. The maximum atomic E-state index is 7.24. The van der Waals surface area contributed by atoms with Gasteiger partial charge in [0, 0.05) is 70.7 Å². The van der Waals surface area contributed by atoms with Gasteiger partial charge in [-0.25, -0.2) is 0 Å². The van der Waals surface area contributed by atoms with Gasteiger partial charge in [0.1, 0.15) is 11.3 Å². The maximum Gasteiger partial charge on any atom is 0.273 e. The first-order valence-electron chi connectivity index (χ1n) is 26.9. The first kappa shape index (κ1) is 46.5. The van der Waals surface area contributed by atoms with E-state index in [-0.39, 0.29) is 23.0 Å². The minimum absolute atomic E-state index is 0.00824. The average Bonchev–Trinajstić information content (AvgIpc) is 4.13. The molecule has 0 fully saturated rings. The molecule has 0 saturated heterocycles. The maximum absolute atomic E-state index is 7.24. The third kappa shape index (κ3) is 7.03. The summed E-state index contributed by atoms with van der Waals surface area (Å²) < 4.78 is 12.5. The molecule has 12 aromatic rings. The number of aromatic nitrogens is 1. The topological polar surface area (TPSA) is 24.6 Å². The number of hydrogen-bond acceptors (Lipinski definition) is 4. The third-order valence-electron chi connectivity index (χ3n) is 16.3. The SMILES string of the molecule is CC(C)(C)c1ccc(N2c3cccc4c3B(c3ccc5oc(-c6ccccc6)c(-c6ccccc6)c5c32)c2c(c3c5sc6ccccc6c5ccc3n2-c2ccc(C(C)(C)C)cc2)N4c2ccc(C(C)(C)C)cc2)cc1. The molecule has 0 N–H and O–H groups in total. The highest BCUT2D eigenvalue weighted by molar-refractivity contribution is 7.26. The number of rotatable bonds is 5. The molecule has 0 amide bonds. The second-order valence-electron chi connectivity index (χ2n) is 24.1. The van der Waals surface area contributed by atoms with E-state index in [2.05, 4.69) is 277 Å². The Bertz CT molecular complexity index is 4260. The van der Waals surface area contributed by atoms with Gasteiger partial charge in [-0.3, -0.25) is 0 Å². The van der Waals surface area contributed by atoms with Crippen molar-refractivity contribution < 1.29 is 4.42 Å². The van der Waals surface area contributed by atoms with Crippen molar-refractivity contribution in [3.63, 3.8) is 0 Å². The van der Waals surface area contributed by atoms with E-state index in [0.29, 0.717) is 0 Å². The minimum atomic E-state index is -0.200. The molecular formula is C70H60BN3OS. The molecule has 9 aromatic carbocycles. The molecule has 76 heavy (non-hydrogen) atoms. The Labute approximate surface area is 450 Å². The first-order valence-corrected chi connectivity index (χ1v) is 27.7. The molecule has 0 unspecified atom stereocenters. The molecule has 0 spiro atoms. The summed E-state index contributed by atoms with van der Waals surface area (Å²) in [4.78, 5) is 5.19. The van der Waals surface area contributed by atoms with Crippen LogP contribution in [-0.4, -0.2) is 11.3 Å². The fraction of sp³-hybridized carbons (Fsp3) is 0.171. The van der Waals surface area contributed by atoms with Crippen molar-refractivity contribution in [3.05, 3.63) is 217 Å². The Hall–Kier alpha value is -8.06. The number of hydrogen-bond donors (Lipinski definition) is 0. The van der Waals surface area contributed by atoms with Crippen molar-refractivity contribution in [2.75, 3.05) is 9.80 Å². The summed E-state index contributed by atoms with van der Waals surface area (Å²) in [6.45, 7) is 20.5. The molecule has 0 atom stereocenters. The molecular weight excluding hydrogens is 942 g/mol. The molecule has 0 bridgehead atoms. The van der Waals surface area contributed by atoms with Crippen LogP contribution in [0.25, 0.3) is 70.2 Å². The van der Waals surface area contributed by atoms with E-state index in [1.807, 2.05) is 11.3 Å². The third-order valence-corrected chi connectivity index (χ3v) is 17.5. The van der Waals surface area contributed by atoms with E-state index in [9.17, 15) is 0 Å². The zero-order valence-corrected chi connectivity index (χ0v) is 45.6. The molecule has 3 aromatic heterocycles. The number of anilines is 6. The summed E-state index contributed by atoms with van der Waals surface area (Å²) in [5.74, 6) is 0.868. The van der Waals surface area contributed by atoms with Gasteiger partial charge >= 0.3 is 0 Å². The van der Waals surface area contributed by atoms with Crippen LogP contribution in [0.3, 0.4) is 0 Å². The number of furan rings is 1. The van der Waals surface area contributed by atoms with Crippen LogP contribution in [-0.2, 0) is 16.2 Å². The summed E-state index contributed by atoms with van der Waals surface area (Å²) in [7, 11) is 0. The van der Waals surface area contributed by atoms with Gasteiger partial charge in [0.25, 0.3) is 6.71 Å². The van der Waals surface area contributed by atoms with Gasteiger partial charge in [-0.1, -0.05) is 196 Å². The predicted molar refractivity (Wildman–Crippen MR) is 327 cm³/mol. The monoisotopic (exact) mass is 1000 g/mol. The standard InChI is InChI=1S/C70H60BN3OS/c1-68(2,3)45-27-33-48(34-28-45)72-55-24-18-25-56-62(55)71(53-40-42-57-61(63(53)72)59(43-19-12-10-13-20-43)65(75-57)44-21-14-11-15-22-44)67-64(73(56)49-35-29-46(30-36-49)69(4,5)6)60-54(74(67)50-37-31-47(32-38-50)70(7,8)9)41-39-52-51-23-16-17-26-58(51)76-66(52)60/h10-42H,1-9H3. The molecule has 14 rings (SSSR count). The van der Waals surface area contributed by atoms with E-state index in [1.165, 1.54) is 75.7 Å². The van der Waals surface area contributed by atoms with Gasteiger partial charge in [0.15, 0.2) is 0 Å². The molecule has 0 saturated carbocycles. The lowest BCUT2D eigenvalue weighted by atomic mass is 9.34. The highest BCUT2D eigenvalue weighted by Crippen LogP contribution is 2.54. The van der Waals surface area contributed by atoms with E-state index in [1.54, 1.807) is 0 Å². The van der Waals surface area contributed by atoms with Gasteiger partial charge in [-0.15, -0.1) is 11.3 Å². The minimum Gasteiger partial charge on any atom is -0.455 e. The molecule has 2 aliphatic rings. The van der Waals surface area contributed by atoms with Gasteiger partial charge in [0.2, 0.25) is 0 Å². The van der Waals surface area contributed by atoms with Gasteiger partial charge < -0.3 is 18.8 Å². The molecule has 5 heterocycles. The van der Waals surface area contributed by atoms with Crippen LogP contribution in [0.1, 0.15) is 79.0 Å². The average molecular weight is 1000 g/mol. The highest BCUT2D eigenvalue weighted by Gasteiger charge is 2.48. The lowest BCUT2D eigenvalue weighted by Gasteiger charge is -2.44. The van der Waals surface area contributed by atoms with Crippen LogP contribution < -0.4 is 26.3 Å². The van der Waals surface area contributed by atoms with E-state index in [4.69, 9.17) is 4.42 Å². The smallest absolute Gasteiger partial charge is 0.273 e. The Morgan fingerprint density at radius 2 is 0.961 bits per heavy atom. The zero-order chi connectivity index (χ0) is 52.0. The fourth-order valence-corrected chi connectivity index (χ4v) is 13.7. The van der Waals surface area contributed by atoms with Crippen molar-refractivity contribution >= 4 is 111 Å². The Balaban J connectivity index is 1.17. The van der Waals surface area contributed by atoms with Crippen molar-refractivity contribution in [1.82, 2.24) is 4.57 Å². The zero-order valence-electron chi connectivity index (χ0n) is 44.8. The van der Waals surface area contributed by atoms with Crippen LogP contribution in [0.4, 0.5) is 34.1 Å². The summed E-state index contributed by atoms with van der Waals surface area (Å²) >= 11 is 1.92. The predicted octanol–water partition coefficient (Wildman–Crippen LogP) is 18.1. The normalized spacial score (nSPS) is 13.5. The van der Waals surface area contributed by atoms with Crippen LogP contribution in [0, 0.1) is 0 Å². The number of benzene rings is 9. The van der Waals surface area contributed by atoms with Crippen LogP contribution >= 0.6 is 11.3 Å². The van der Waals surface area contributed by atoms with Gasteiger partial charge in [-0.2, -0.15) is 0 Å². The second kappa shape index (κ2) is 16.7. The van der Waals surface area contributed by atoms with Crippen molar-refractivity contribution in [2.24, 2.45) is 0 Å². The molecule has 0 radical (unpaired) electrons. The Kier molecular flexibility index (Phi) is 10.2. The van der Waals surface area contributed by atoms with E-state index >= 15 is 0 Å². The number of thiophene rings is 1. The molecule has 0 aliphatic carbocycles. The molecule has 6 heteroatoms. The second-order valence-corrected chi connectivity index (χ2v) is 25.2. The lowest BCUT2D eigenvalue weighted by molar-refractivity contribution is 0.590. The summed E-state index contributed by atoms with van der Waals surface area (Å²) in [6, 6.07) is 75.1. The van der Waals surface area contributed by atoms with Crippen LogP contribution in [0.5, 0.6) is 0 Å².